The highest BCUT2D eigenvalue weighted by molar-refractivity contribution is 5.90. The number of nitrogens with one attached hydrogen (secondary N) is 3. The van der Waals surface area contributed by atoms with Crippen LogP contribution in [0.2, 0.25) is 0 Å². The predicted molar refractivity (Wildman–Crippen MR) is 130 cm³/mol. The summed E-state index contributed by atoms with van der Waals surface area (Å²) in [4.78, 5) is 12.1. The summed E-state index contributed by atoms with van der Waals surface area (Å²) in [5, 5.41) is 11.4. The molecule has 0 amide bonds. The topological polar surface area (TPSA) is 65.1 Å². The molecular weight excluding hydrogens is 384 g/mol. The van der Waals surface area contributed by atoms with Crippen molar-refractivity contribution in [3.8, 4) is 0 Å². The largest absolute Gasteiger partial charge is 0.388 e. The van der Waals surface area contributed by atoms with Crippen molar-refractivity contribution < 1.29 is 0 Å². The van der Waals surface area contributed by atoms with Crippen LogP contribution in [0.4, 0.5) is 23.0 Å². The molecule has 0 atom stereocenters. The van der Waals surface area contributed by atoms with Gasteiger partial charge < -0.3 is 20.9 Å². The molecule has 1 saturated heterocycles. The van der Waals surface area contributed by atoms with Crippen LogP contribution in [0.3, 0.4) is 0 Å². The Morgan fingerprint density at radius 2 is 1.81 bits per heavy atom. The van der Waals surface area contributed by atoms with E-state index in [1.807, 2.05) is 13.2 Å². The molecular formula is C25H32N6. The van der Waals surface area contributed by atoms with E-state index >= 15 is 0 Å². The maximum absolute atomic E-state index is 5.02. The van der Waals surface area contributed by atoms with E-state index in [9.17, 15) is 0 Å². The molecule has 0 spiro atoms. The molecule has 1 aromatic heterocycles. The van der Waals surface area contributed by atoms with Crippen molar-refractivity contribution in [2.75, 3.05) is 48.8 Å². The van der Waals surface area contributed by atoms with Crippen LogP contribution < -0.4 is 20.9 Å². The van der Waals surface area contributed by atoms with Crippen molar-refractivity contribution in [1.29, 1.82) is 0 Å². The molecule has 0 bridgehead atoms. The van der Waals surface area contributed by atoms with Gasteiger partial charge in [0.1, 0.15) is 0 Å². The third-order valence-electron chi connectivity index (χ3n) is 6.76. The van der Waals surface area contributed by atoms with Crippen molar-refractivity contribution in [3.05, 3.63) is 47.7 Å². The lowest BCUT2D eigenvalue weighted by Crippen LogP contribution is -2.43. The minimum Gasteiger partial charge on any atom is -0.388 e. The molecule has 2 aromatic carbocycles. The summed E-state index contributed by atoms with van der Waals surface area (Å²) >= 11 is 0. The van der Waals surface area contributed by atoms with Crippen LogP contribution in [0.25, 0.3) is 10.9 Å². The van der Waals surface area contributed by atoms with E-state index in [4.69, 9.17) is 4.98 Å². The fraction of sp³-hybridized carbons (Fsp3) is 0.440. The average Bonchev–Trinajstić information content (AvgIpc) is 3.34. The second kappa shape index (κ2) is 8.71. The number of aromatic nitrogens is 2. The third-order valence-corrected chi connectivity index (χ3v) is 6.76. The van der Waals surface area contributed by atoms with Crippen LogP contribution in [0.5, 0.6) is 0 Å². The lowest BCUT2D eigenvalue weighted by molar-refractivity contribution is 0.589. The minimum absolute atomic E-state index is 0.576. The zero-order valence-electron chi connectivity index (χ0n) is 18.5. The molecule has 0 unspecified atom stereocenters. The Hall–Kier alpha value is -2.86. The summed E-state index contributed by atoms with van der Waals surface area (Å²) in [6, 6.07) is 10.9. The first-order valence-electron chi connectivity index (χ1n) is 11.5. The average molecular weight is 417 g/mol. The zero-order valence-corrected chi connectivity index (χ0v) is 18.5. The van der Waals surface area contributed by atoms with Crippen LogP contribution in [0.1, 0.15) is 42.7 Å². The van der Waals surface area contributed by atoms with Gasteiger partial charge in [0.2, 0.25) is 5.95 Å². The Morgan fingerprint density at radius 3 is 2.52 bits per heavy atom. The van der Waals surface area contributed by atoms with Gasteiger partial charge in [0, 0.05) is 67.4 Å². The smallest absolute Gasteiger partial charge is 0.227 e. The van der Waals surface area contributed by atoms with E-state index in [0.29, 0.717) is 11.9 Å². The van der Waals surface area contributed by atoms with Crippen LogP contribution in [-0.4, -0.2) is 43.2 Å². The Kier molecular flexibility index (Phi) is 5.64. The van der Waals surface area contributed by atoms with Crippen molar-refractivity contribution >= 4 is 33.9 Å². The summed E-state index contributed by atoms with van der Waals surface area (Å²) in [6.45, 7) is 6.34. The molecule has 31 heavy (non-hydrogen) atoms. The van der Waals surface area contributed by atoms with E-state index in [1.54, 1.807) is 0 Å². The quantitative estimate of drug-likeness (QED) is 0.556. The van der Waals surface area contributed by atoms with Gasteiger partial charge in [0.15, 0.2) is 0 Å². The van der Waals surface area contributed by atoms with Crippen LogP contribution >= 0.6 is 0 Å². The molecule has 5 rings (SSSR count). The number of aryl methyl sites for hydroxylation is 1. The van der Waals surface area contributed by atoms with E-state index in [2.05, 4.69) is 63.1 Å². The molecule has 2 heterocycles. The highest BCUT2D eigenvalue weighted by Gasteiger charge is 2.24. The number of hydrogen-bond acceptors (Lipinski definition) is 6. The van der Waals surface area contributed by atoms with Crippen molar-refractivity contribution in [2.24, 2.45) is 0 Å². The second-order valence-corrected chi connectivity index (χ2v) is 8.75. The van der Waals surface area contributed by atoms with Gasteiger partial charge in [-0.3, -0.25) is 0 Å². The molecule has 1 aliphatic heterocycles. The van der Waals surface area contributed by atoms with Gasteiger partial charge in [-0.15, -0.1) is 0 Å². The highest BCUT2D eigenvalue weighted by atomic mass is 15.2. The van der Waals surface area contributed by atoms with Crippen molar-refractivity contribution in [2.45, 2.75) is 38.5 Å². The predicted octanol–water partition coefficient (Wildman–Crippen LogP) is 4.79. The molecule has 0 radical (unpaired) electrons. The molecule has 2 aliphatic rings. The monoisotopic (exact) mass is 416 g/mol. The summed E-state index contributed by atoms with van der Waals surface area (Å²) in [7, 11) is 2.01. The molecule has 6 nitrogen and oxygen atoms in total. The highest BCUT2D eigenvalue weighted by Crippen LogP contribution is 2.42. The van der Waals surface area contributed by atoms with Gasteiger partial charge in [-0.05, 0) is 61.6 Å². The lowest BCUT2D eigenvalue weighted by atomic mass is 9.91. The third kappa shape index (κ3) is 4.04. The standard InChI is InChI=1S/C25H32N6/c1-17-15-22(26-2)23(18-5-3-4-6-18)24-21(17)16-28-25(30-24)29-19-7-9-20(10-8-19)31-13-11-27-12-14-31/h7-10,15-16,18,26-27H,3-6,11-14H2,1-2H3,(H,28,29,30). The number of fused-ring (bicyclic) bond motifs is 1. The summed E-state index contributed by atoms with van der Waals surface area (Å²) in [6.07, 6.45) is 7.07. The van der Waals surface area contributed by atoms with E-state index in [1.165, 1.54) is 48.2 Å². The number of benzene rings is 2. The Labute approximate surface area is 184 Å². The van der Waals surface area contributed by atoms with Crippen LogP contribution in [-0.2, 0) is 0 Å². The molecule has 2 fully saturated rings. The molecule has 6 heteroatoms. The van der Waals surface area contributed by atoms with Crippen LogP contribution in [0, 0.1) is 6.92 Å². The molecule has 3 aromatic rings. The maximum atomic E-state index is 5.02. The molecule has 3 N–H and O–H groups in total. The second-order valence-electron chi connectivity index (χ2n) is 8.75. The summed E-state index contributed by atoms with van der Waals surface area (Å²) in [5.74, 6) is 1.24. The van der Waals surface area contributed by atoms with Gasteiger partial charge in [0.05, 0.1) is 5.52 Å². The zero-order chi connectivity index (χ0) is 21.2. The SMILES string of the molecule is CNc1cc(C)c2cnc(Nc3ccc(N4CCNCC4)cc3)nc2c1C1CCCC1. The number of nitrogens with zero attached hydrogens (tertiary/aromatic N) is 3. The summed E-state index contributed by atoms with van der Waals surface area (Å²) < 4.78 is 0. The van der Waals surface area contributed by atoms with Gasteiger partial charge in [-0.1, -0.05) is 12.8 Å². The van der Waals surface area contributed by atoms with Gasteiger partial charge in [0.25, 0.3) is 0 Å². The van der Waals surface area contributed by atoms with Crippen molar-refractivity contribution in [1.82, 2.24) is 15.3 Å². The minimum atomic E-state index is 0.576. The van der Waals surface area contributed by atoms with Gasteiger partial charge >= 0.3 is 0 Å². The fourth-order valence-electron chi connectivity index (χ4n) is 5.08. The normalized spacial score (nSPS) is 17.3. The van der Waals surface area contributed by atoms with Gasteiger partial charge in [-0.25, -0.2) is 9.97 Å². The number of hydrogen-bond donors (Lipinski definition) is 3. The van der Waals surface area contributed by atoms with Gasteiger partial charge in [-0.2, -0.15) is 0 Å². The Bertz CT molecular complexity index is 1050. The lowest BCUT2D eigenvalue weighted by Gasteiger charge is -2.29. The Balaban J connectivity index is 1.45. The first-order valence-corrected chi connectivity index (χ1v) is 11.5. The van der Waals surface area contributed by atoms with E-state index in [0.717, 1.165) is 42.8 Å². The molecule has 1 saturated carbocycles. The maximum Gasteiger partial charge on any atom is 0.227 e. The van der Waals surface area contributed by atoms with Crippen LogP contribution in [0.15, 0.2) is 36.5 Å². The van der Waals surface area contributed by atoms with E-state index < -0.39 is 0 Å². The first-order chi connectivity index (χ1) is 15.2. The number of rotatable bonds is 5. The Morgan fingerprint density at radius 1 is 1.06 bits per heavy atom. The van der Waals surface area contributed by atoms with E-state index in [-0.39, 0.29) is 0 Å². The molecule has 162 valence electrons. The molecule has 1 aliphatic carbocycles. The summed E-state index contributed by atoms with van der Waals surface area (Å²) in [5.41, 5.74) is 7.16. The fourth-order valence-corrected chi connectivity index (χ4v) is 5.08. The van der Waals surface area contributed by atoms with Crippen molar-refractivity contribution in [3.63, 3.8) is 0 Å². The number of anilines is 4. The first kappa shape index (κ1) is 20.1. The number of piperazine rings is 1.